The second-order valence-corrected chi connectivity index (χ2v) is 15.1. The lowest BCUT2D eigenvalue weighted by Gasteiger charge is -2.29. The van der Waals surface area contributed by atoms with Crippen LogP contribution >= 0.6 is 0 Å². The van der Waals surface area contributed by atoms with Crippen LogP contribution in [0, 0.1) is 17.3 Å². The number of amides is 2. The first kappa shape index (κ1) is 32.8. The number of nitrogens with one attached hydrogen (secondary N) is 1. The number of pyridine rings is 1. The molecule has 3 aromatic rings. The van der Waals surface area contributed by atoms with Crippen molar-refractivity contribution in [2.45, 2.75) is 69.5 Å². The first-order chi connectivity index (χ1) is 22.5. The second kappa shape index (κ2) is 12.8. The number of aromatic nitrogens is 1. The van der Waals surface area contributed by atoms with Crippen LogP contribution in [0.4, 0.5) is 0 Å². The molecule has 2 aliphatic carbocycles. The fourth-order valence-corrected chi connectivity index (χ4v) is 7.96. The number of fused-ring (bicyclic) bond motifs is 1. The molecule has 47 heavy (non-hydrogen) atoms. The summed E-state index contributed by atoms with van der Waals surface area (Å²) < 4.78 is 39.5. The summed E-state index contributed by atoms with van der Waals surface area (Å²) in [6.45, 7) is 7.51. The summed E-state index contributed by atoms with van der Waals surface area (Å²) in [5.41, 5.74) is 0.440. The Kier molecular flexibility index (Phi) is 8.97. The van der Waals surface area contributed by atoms with Crippen LogP contribution in [0.25, 0.3) is 22.0 Å². The highest BCUT2D eigenvalue weighted by atomic mass is 32.2. The van der Waals surface area contributed by atoms with Gasteiger partial charge < -0.3 is 14.4 Å². The lowest BCUT2D eigenvalue weighted by molar-refractivity contribution is -0.144. The number of carbonyl (C=O) groups excluding carboxylic acids is 3. The van der Waals surface area contributed by atoms with Gasteiger partial charge in [-0.3, -0.25) is 19.1 Å². The van der Waals surface area contributed by atoms with E-state index in [-0.39, 0.29) is 37.0 Å². The zero-order chi connectivity index (χ0) is 33.5. The third-order valence-corrected chi connectivity index (χ3v) is 11.8. The smallest absolute Gasteiger partial charge is 0.240 e. The molecule has 1 N–H and O–H groups in total. The molecule has 0 spiro atoms. The standard InChI is InChI=1S/C36H41N3O7S/c1-5-26-19-36(26,35(42)38-47(43,44)28-15-16-28)20-32(40)31-18-27(21-39(31)34(41)22(2)23(3)45-4)46-33-29-14-10-9-13-25(29)17-30(37-33)24-11-7-6-8-12-24/h5-14,17,22-23,26-28,31H,1,15-16,18-21H2,2-4H3,(H,38,42)/t22-,23-,26+,27+,31-,36+/m0/s1. The van der Waals surface area contributed by atoms with Crippen LogP contribution in [-0.4, -0.2) is 73.1 Å². The Morgan fingerprint density at radius 3 is 2.47 bits per heavy atom. The maximum Gasteiger partial charge on any atom is 0.240 e. The number of methoxy groups -OCH3 is 1. The van der Waals surface area contributed by atoms with E-state index in [1.807, 2.05) is 60.7 Å². The third kappa shape index (κ3) is 6.56. The highest BCUT2D eigenvalue weighted by Crippen LogP contribution is 2.57. The van der Waals surface area contributed by atoms with Gasteiger partial charge in [0.25, 0.3) is 0 Å². The zero-order valence-electron chi connectivity index (χ0n) is 26.9. The number of Topliss-reactive ketones (excluding diaryl/α,β-unsaturated/α-hetero) is 1. The van der Waals surface area contributed by atoms with Crippen molar-refractivity contribution in [3.8, 4) is 17.1 Å². The van der Waals surface area contributed by atoms with Crippen LogP contribution in [0.3, 0.4) is 0 Å². The van der Waals surface area contributed by atoms with Gasteiger partial charge in [-0.05, 0) is 49.6 Å². The molecule has 0 bridgehead atoms. The van der Waals surface area contributed by atoms with Crippen LogP contribution < -0.4 is 9.46 Å². The van der Waals surface area contributed by atoms with Gasteiger partial charge in [-0.2, -0.15) is 0 Å². The summed E-state index contributed by atoms with van der Waals surface area (Å²) in [5, 5.41) is 1.17. The number of carbonyl (C=O) groups is 3. The number of hydrogen-bond acceptors (Lipinski definition) is 8. The van der Waals surface area contributed by atoms with Crippen molar-refractivity contribution in [3.05, 3.63) is 73.3 Å². The molecule has 2 aromatic carbocycles. The number of benzene rings is 2. The van der Waals surface area contributed by atoms with Gasteiger partial charge in [0, 0.05) is 30.9 Å². The topological polar surface area (TPSA) is 132 Å². The van der Waals surface area contributed by atoms with Gasteiger partial charge in [-0.25, -0.2) is 13.4 Å². The Bertz CT molecular complexity index is 1810. The molecule has 1 aromatic heterocycles. The summed E-state index contributed by atoms with van der Waals surface area (Å²) in [6, 6.07) is 18.7. The molecule has 3 fully saturated rings. The molecule has 10 nitrogen and oxygen atoms in total. The first-order valence-corrected chi connectivity index (χ1v) is 17.7. The molecule has 2 amide bonds. The minimum absolute atomic E-state index is 0.141. The molecular weight excluding hydrogens is 618 g/mol. The van der Waals surface area contributed by atoms with Crippen LogP contribution in [0.5, 0.6) is 5.88 Å². The maximum absolute atomic E-state index is 14.1. The molecule has 1 aliphatic heterocycles. The highest BCUT2D eigenvalue weighted by Gasteiger charge is 2.61. The molecule has 0 radical (unpaired) electrons. The van der Waals surface area contributed by atoms with Gasteiger partial charge in [0.05, 0.1) is 41.0 Å². The van der Waals surface area contributed by atoms with Gasteiger partial charge >= 0.3 is 0 Å². The monoisotopic (exact) mass is 659 g/mol. The average molecular weight is 660 g/mol. The fourth-order valence-electron chi connectivity index (χ4n) is 6.58. The summed E-state index contributed by atoms with van der Waals surface area (Å²) in [7, 11) is -2.27. The Balaban J connectivity index is 1.28. The van der Waals surface area contributed by atoms with E-state index in [0.717, 1.165) is 22.0 Å². The Labute approximate surface area is 275 Å². The predicted octanol–water partition coefficient (Wildman–Crippen LogP) is 4.68. The van der Waals surface area contributed by atoms with E-state index >= 15 is 0 Å². The molecule has 6 rings (SSSR count). The Hall–Kier alpha value is -4.09. The van der Waals surface area contributed by atoms with Gasteiger partial charge in [0.2, 0.25) is 27.7 Å². The van der Waals surface area contributed by atoms with Crippen molar-refractivity contribution >= 4 is 38.4 Å². The number of ketones is 1. The second-order valence-electron chi connectivity index (χ2n) is 13.1. The number of likely N-dealkylation sites (tertiary alicyclic amines) is 1. The normalized spacial score (nSPS) is 25.2. The van der Waals surface area contributed by atoms with E-state index in [1.165, 1.54) is 12.0 Å². The largest absolute Gasteiger partial charge is 0.472 e. The summed E-state index contributed by atoms with van der Waals surface area (Å²) in [5.74, 6) is -1.74. The molecule has 1 saturated heterocycles. The van der Waals surface area contributed by atoms with Gasteiger partial charge in [-0.15, -0.1) is 6.58 Å². The van der Waals surface area contributed by atoms with Crippen molar-refractivity contribution in [3.63, 3.8) is 0 Å². The quantitative estimate of drug-likeness (QED) is 0.262. The average Bonchev–Trinajstić information content (AvgIpc) is 4.01. The van der Waals surface area contributed by atoms with E-state index in [1.54, 1.807) is 19.9 Å². The molecule has 248 valence electrons. The van der Waals surface area contributed by atoms with Crippen molar-refractivity contribution in [1.29, 1.82) is 0 Å². The first-order valence-electron chi connectivity index (χ1n) is 16.1. The van der Waals surface area contributed by atoms with E-state index in [4.69, 9.17) is 14.5 Å². The molecule has 2 saturated carbocycles. The number of nitrogens with zero attached hydrogens (tertiary/aromatic N) is 2. The number of ether oxygens (including phenoxy) is 2. The number of allylic oxidation sites excluding steroid dienone is 1. The molecule has 2 heterocycles. The van der Waals surface area contributed by atoms with Crippen LogP contribution in [0.15, 0.2) is 73.3 Å². The van der Waals surface area contributed by atoms with Gasteiger partial charge in [0.1, 0.15) is 6.10 Å². The molecule has 0 unspecified atom stereocenters. The number of rotatable bonds is 13. The number of sulfonamides is 1. The van der Waals surface area contributed by atoms with E-state index in [9.17, 15) is 22.8 Å². The summed E-state index contributed by atoms with van der Waals surface area (Å²) >= 11 is 0. The highest BCUT2D eigenvalue weighted by molar-refractivity contribution is 7.90. The summed E-state index contributed by atoms with van der Waals surface area (Å²) in [6.07, 6.45) is 1.95. The van der Waals surface area contributed by atoms with E-state index in [2.05, 4.69) is 11.3 Å². The minimum atomic E-state index is -3.80. The minimum Gasteiger partial charge on any atom is -0.472 e. The van der Waals surface area contributed by atoms with E-state index in [0.29, 0.717) is 25.1 Å². The van der Waals surface area contributed by atoms with Crippen molar-refractivity contribution in [1.82, 2.24) is 14.6 Å². The van der Waals surface area contributed by atoms with Gasteiger partial charge in [0.15, 0.2) is 5.78 Å². The van der Waals surface area contributed by atoms with Crippen LogP contribution in [-0.2, 0) is 29.1 Å². The van der Waals surface area contributed by atoms with Crippen molar-refractivity contribution in [2.75, 3.05) is 13.7 Å². The lowest BCUT2D eigenvalue weighted by Crippen LogP contribution is -2.47. The number of hydrogen-bond donors (Lipinski definition) is 1. The molecule has 3 aliphatic rings. The third-order valence-electron chi connectivity index (χ3n) is 9.99. The van der Waals surface area contributed by atoms with Gasteiger partial charge in [-0.1, -0.05) is 61.5 Å². The van der Waals surface area contributed by atoms with Crippen LogP contribution in [0.2, 0.25) is 0 Å². The Morgan fingerprint density at radius 1 is 1.11 bits per heavy atom. The zero-order valence-corrected chi connectivity index (χ0v) is 27.7. The fraction of sp³-hybridized carbons (Fsp3) is 0.444. The summed E-state index contributed by atoms with van der Waals surface area (Å²) in [4.78, 5) is 47.8. The van der Waals surface area contributed by atoms with Crippen molar-refractivity contribution in [2.24, 2.45) is 17.3 Å². The van der Waals surface area contributed by atoms with E-state index < -0.39 is 50.8 Å². The lowest BCUT2D eigenvalue weighted by atomic mass is 9.91. The Morgan fingerprint density at radius 2 is 1.81 bits per heavy atom. The maximum atomic E-state index is 14.1. The molecular formula is C36H41N3O7S. The predicted molar refractivity (Wildman–Crippen MR) is 178 cm³/mol. The van der Waals surface area contributed by atoms with Crippen LogP contribution in [0.1, 0.15) is 46.0 Å². The molecule has 6 atom stereocenters. The SMILES string of the molecule is C=C[C@@H]1C[C@]1(CC(=O)[C@@H]1C[C@@H](Oc2nc(-c3ccccc3)cc3ccccc23)CN1C(=O)[C@@H](C)[C@H](C)OC)C(=O)NS(=O)(=O)C1CC1. The molecule has 11 heteroatoms. The van der Waals surface area contributed by atoms with Crippen molar-refractivity contribution < 1.29 is 32.3 Å².